The summed E-state index contributed by atoms with van der Waals surface area (Å²) in [6.45, 7) is 6.27. The third kappa shape index (κ3) is 5.07. The van der Waals surface area contributed by atoms with Crippen LogP contribution in [-0.2, 0) is 21.3 Å². The standard InChI is InChI=1S/C26H32N2O6S/c1-16-9-17(2)25(18(3)10-16)35(30,31)28(15-21-7-6-8-34-21)14-20-11-19-12-23(32-4)24(33-5)13-22(19)27-26(20)29/h9-13,21H,6-8,14-15H2,1-5H3,(H,27,29). The lowest BCUT2D eigenvalue weighted by Crippen LogP contribution is -2.38. The molecule has 1 unspecified atom stereocenters. The van der Waals surface area contributed by atoms with Gasteiger partial charge in [0.2, 0.25) is 10.0 Å². The van der Waals surface area contributed by atoms with Crippen LogP contribution in [-0.4, -0.2) is 51.2 Å². The molecule has 0 amide bonds. The summed E-state index contributed by atoms with van der Waals surface area (Å²) in [4.78, 5) is 16.2. The van der Waals surface area contributed by atoms with E-state index in [1.165, 1.54) is 11.4 Å². The fourth-order valence-electron chi connectivity index (χ4n) is 4.85. The minimum atomic E-state index is -3.90. The maximum absolute atomic E-state index is 14.0. The van der Waals surface area contributed by atoms with Crippen LogP contribution in [0.4, 0.5) is 0 Å². The van der Waals surface area contributed by atoms with Crippen LogP contribution in [0.1, 0.15) is 35.1 Å². The normalized spacial score (nSPS) is 16.2. The number of hydrogen-bond acceptors (Lipinski definition) is 6. The molecule has 0 aliphatic carbocycles. The smallest absolute Gasteiger partial charge is 0.252 e. The highest BCUT2D eigenvalue weighted by atomic mass is 32.2. The second kappa shape index (κ2) is 10.0. The lowest BCUT2D eigenvalue weighted by molar-refractivity contribution is 0.0925. The van der Waals surface area contributed by atoms with Gasteiger partial charge in [-0.05, 0) is 56.9 Å². The van der Waals surface area contributed by atoms with Crippen LogP contribution in [0.25, 0.3) is 10.9 Å². The average Bonchev–Trinajstić information content (AvgIpc) is 3.30. The fraction of sp³-hybridized carbons (Fsp3) is 0.423. The van der Waals surface area contributed by atoms with Crippen LogP contribution in [0.15, 0.2) is 40.0 Å². The van der Waals surface area contributed by atoms with Crippen molar-refractivity contribution in [2.24, 2.45) is 0 Å². The molecule has 2 heterocycles. The fourth-order valence-corrected chi connectivity index (χ4v) is 6.71. The van der Waals surface area contributed by atoms with Gasteiger partial charge in [-0.15, -0.1) is 0 Å². The molecular formula is C26H32N2O6S. The van der Waals surface area contributed by atoms with Gasteiger partial charge in [0.25, 0.3) is 5.56 Å². The van der Waals surface area contributed by atoms with E-state index in [0.29, 0.717) is 40.3 Å². The third-order valence-corrected chi connectivity index (χ3v) is 8.52. The molecule has 35 heavy (non-hydrogen) atoms. The predicted octanol–water partition coefficient (Wildman–Crippen LogP) is 3.84. The lowest BCUT2D eigenvalue weighted by Gasteiger charge is -2.26. The Morgan fingerprint density at radius 2 is 1.69 bits per heavy atom. The first-order chi connectivity index (χ1) is 16.6. The van der Waals surface area contributed by atoms with Gasteiger partial charge >= 0.3 is 0 Å². The van der Waals surface area contributed by atoms with Crippen molar-refractivity contribution in [3.05, 3.63) is 62.9 Å². The van der Waals surface area contributed by atoms with Crippen molar-refractivity contribution in [3.8, 4) is 11.5 Å². The molecule has 1 aliphatic rings. The molecule has 188 valence electrons. The quantitative estimate of drug-likeness (QED) is 0.505. The van der Waals surface area contributed by atoms with E-state index < -0.39 is 10.0 Å². The highest BCUT2D eigenvalue weighted by Gasteiger charge is 2.32. The Morgan fingerprint density at radius 3 is 2.29 bits per heavy atom. The maximum atomic E-state index is 14.0. The summed E-state index contributed by atoms with van der Waals surface area (Å²) < 4.78 is 45.8. The zero-order valence-corrected chi connectivity index (χ0v) is 21.6. The van der Waals surface area contributed by atoms with Gasteiger partial charge in [-0.3, -0.25) is 4.79 Å². The van der Waals surface area contributed by atoms with E-state index in [4.69, 9.17) is 14.2 Å². The second-order valence-electron chi connectivity index (χ2n) is 9.08. The molecule has 9 heteroatoms. The van der Waals surface area contributed by atoms with E-state index in [0.717, 1.165) is 23.8 Å². The molecular weight excluding hydrogens is 468 g/mol. The molecule has 1 atom stereocenters. The SMILES string of the molecule is COc1cc2cc(CN(CC3CCCO3)S(=O)(=O)c3c(C)cc(C)cc3C)c(=O)[nH]c2cc1OC. The van der Waals surface area contributed by atoms with Gasteiger partial charge in [0.05, 0.1) is 30.7 Å². The number of nitrogens with one attached hydrogen (secondary N) is 1. The summed E-state index contributed by atoms with van der Waals surface area (Å²) in [5, 5.41) is 0.717. The van der Waals surface area contributed by atoms with E-state index in [1.54, 1.807) is 39.2 Å². The summed E-state index contributed by atoms with van der Waals surface area (Å²) in [5.41, 5.74) is 2.94. The zero-order chi connectivity index (χ0) is 25.3. The summed E-state index contributed by atoms with van der Waals surface area (Å²) >= 11 is 0. The Balaban J connectivity index is 1.79. The third-order valence-electron chi connectivity index (χ3n) is 6.41. The Kier molecular flexibility index (Phi) is 7.21. The first kappa shape index (κ1) is 25.2. The van der Waals surface area contributed by atoms with Crippen LogP contribution in [0.2, 0.25) is 0 Å². The van der Waals surface area contributed by atoms with Crippen molar-refractivity contribution in [2.75, 3.05) is 27.4 Å². The molecule has 2 aromatic carbocycles. The average molecular weight is 501 g/mol. The number of benzene rings is 2. The molecule has 0 bridgehead atoms. The highest BCUT2D eigenvalue weighted by Crippen LogP contribution is 2.32. The van der Waals surface area contributed by atoms with Gasteiger partial charge in [0.15, 0.2) is 11.5 Å². The summed E-state index contributed by atoms with van der Waals surface area (Å²) in [6, 6.07) is 8.91. The molecule has 8 nitrogen and oxygen atoms in total. The van der Waals surface area contributed by atoms with Crippen molar-refractivity contribution in [1.82, 2.24) is 9.29 Å². The van der Waals surface area contributed by atoms with Crippen LogP contribution in [0, 0.1) is 20.8 Å². The van der Waals surface area contributed by atoms with Gasteiger partial charge in [0.1, 0.15) is 0 Å². The van der Waals surface area contributed by atoms with Crippen molar-refractivity contribution < 1.29 is 22.6 Å². The van der Waals surface area contributed by atoms with Crippen LogP contribution in [0.5, 0.6) is 11.5 Å². The van der Waals surface area contributed by atoms with Crippen LogP contribution < -0.4 is 15.0 Å². The number of aryl methyl sites for hydroxylation is 3. The van der Waals surface area contributed by atoms with Gasteiger partial charge in [-0.1, -0.05) is 17.7 Å². The molecule has 1 aliphatic heterocycles. The number of sulfonamides is 1. The molecule has 1 N–H and O–H groups in total. The van der Waals surface area contributed by atoms with E-state index in [-0.39, 0.29) is 29.6 Å². The van der Waals surface area contributed by atoms with Crippen LogP contribution >= 0.6 is 0 Å². The number of hydrogen-bond donors (Lipinski definition) is 1. The van der Waals surface area contributed by atoms with Crippen molar-refractivity contribution >= 4 is 20.9 Å². The van der Waals surface area contributed by atoms with Gasteiger partial charge in [-0.25, -0.2) is 8.42 Å². The van der Waals surface area contributed by atoms with Gasteiger partial charge in [-0.2, -0.15) is 4.31 Å². The highest BCUT2D eigenvalue weighted by molar-refractivity contribution is 7.89. The largest absolute Gasteiger partial charge is 0.493 e. The number of aromatic nitrogens is 1. The number of nitrogens with zero attached hydrogens (tertiary/aromatic N) is 1. The van der Waals surface area contributed by atoms with Crippen molar-refractivity contribution in [2.45, 2.75) is 51.2 Å². The second-order valence-corrected chi connectivity index (χ2v) is 11.0. The Bertz CT molecular complexity index is 1380. The summed E-state index contributed by atoms with van der Waals surface area (Å²) in [6.07, 6.45) is 1.46. The number of fused-ring (bicyclic) bond motifs is 1. The van der Waals surface area contributed by atoms with E-state index in [1.807, 2.05) is 19.1 Å². The van der Waals surface area contributed by atoms with E-state index >= 15 is 0 Å². The first-order valence-corrected chi connectivity index (χ1v) is 13.1. The molecule has 3 aromatic rings. The number of aromatic amines is 1. The van der Waals surface area contributed by atoms with Crippen LogP contribution in [0.3, 0.4) is 0 Å². The predicted molar refractivity (Wildman–Crippen MR) is 135 cm³/mol. The summed E-state index contributed by atoms with van der Waals surface area (Å²) in [7, 11) is -0.836. The number of ether oxygens (including phenoxy) is 3. The number of H-pyrrole nitrogens is 1. The Labute approximate surface area is 205 Å². The first-order valence-electron chi connectivity index (χ1n) is 11.6. The van der Waals surface area contributed by atoms with Gasteiger partial charge < -0.3 is 19.2 Å². The molecule has 4 rings (SSSR count). The maximum Gasteiger partial charge on any atom is 0.252 e. The Hall–Kier alpha value is -2.88. The molecule has 1 saturated heterocycles. The van der Waals surface area contributed by atoms with Gasteiger partial charge in [0, 0.05) is 36.7 Å². The molecule has 1 fully saturated rings. The van der Waals surface area contributed by atoms with Crippen molar-refractivity contribution in [3.63, 3.8) is 0 Å². The number of rotatable bonds is 8. The minimum absolute atomic E-state index is 0.0748. The Morgan fingerprint density at radius 1 is 1.03 bits per heavy atom. The number of pyridine rings is 1. The van der Waals surface area contributed by atoms with E-state index in [2.05, 4.69) is 4.98 Å². The van der Waals surface area contributed by atoms with E-state index in [9.17, 15) is 13.2 Å². The molecule has 0 radical (unpaired) electrons. The number of methoxy groups -OCH3 is 2. The monoisotopic (exact) mass is 500 g/mol. The molecule has 0 spiro atoms. The molecule has 0 saturated carbocycles. The molecule has 1 aromatic heterocycles. The topological polar surface area (TPSA) is 97.9 Å². The summed E-state index contributed by atoms with van der Waals surface area (Å²) in [5.74, 6) is 1.02. The minimum Gasteiger partial charge on any atom is -0.493 e. The lowest BCUT2D eigenvalue weighted by atomic mass is 10.1. The van der Waals surface area contributed by atoms with Crippen molar-refractivity contribution in [1.29, 1.82) is 0 Å². The zero-order valence-electron chi connectivity index (χ0n) is 20.8.